The van der Waals surface area contributed by atoms with Crippen LogP contribution >= 0.6 is 0 Å². The van der Waals surface area contributed by atoms with Gasteiger partial charge in [-0.15, -0.1) is 0 Å². The molecule has 2 aromatic rings. The number of hydrogen-bond acceptors (Lipinski definition) is 1. The maximum Gasteiger partial charge on any atom is 0.127 e. The van der Waals surface area contributed by atoms with Gasteiger partial charge in [0, 0.05) is 5.92 Å². The van der Waals surface area contributed by atoms with Crippen LogP contribution in [0.25, 0.3) is 0 Å². The minimum Gasteiger partial charge on any atom is -0.485 e. The maximum atomic E-state index is 6.24. The molecule has 1 aliphatic heterocycles. The molecule has 4 rings (SSSR count). The molecule has 0 radical (unpaired) electrons. The van der Waals surface area contributed by atoms with Gasteiger partial charge in [0.2, 0.25) is 0 Å². The summed E-state index contributed by atoms with van der Waals surface area (Å²) >= 11 is 0. The van der Waals surface area contributed by atoms with Crippen LogP contribution in [0, 0.1) is 12.8 Å². The zero-order valence-electron chi connectivity index (χ0n) is 10.5. The molecule has 0 unspecified atom stereocenters. The van der Waals surface area contributed by atoms with E-state index in [4.69, 9.17) is 4.74 Å². The Morgan fingerprint density at radius 1 is 1.00 bits per heavy atom. The molecule has 0 saturated heterocycles. The van der Waals surface area contributed by atoms with Crippen molar-refractivity contribution in [3.05, 3.63) is 64.7 Å². The molecule has 18 heavy (non-hydrogen) atoms. The van der Waals surface area contributed by atoms with Crippen LogP contribution in [0.3, 0.4) is 0 Å². The standard InChI is InChI=1S/C17H16O/c1-11-6-7-16-13(8-11)10-14-9-12-4-2-3-5-15(12)17(14)18-16/h2-8,14,17H,9-10H2,1H3/t14-,17+/m1/s1. The first kappa shape index (κ1) is 10.2. The van der Waals surface area contributed by atoms with E-state index in [1.54, 1.807) is 0 Å². The topological polar surface area (TPSA) is 9.23 Å². The number of fused-ring (bicyclic) bond motifs is 4. The first-order valence-electron chi connectivity index (χ1n) is 6.65. The van der Waals surface area contributed by atoms with E-state index in [1.807, 2.05) is 0 Å². The van der Waals surface area contributed by atoms with E-state index in [-0.39, 0.29) is 6.10 Å². The number of ether oxygens (including phenoxy) is 1. The Labute approximate surface area is 107 Å². The van der Waals surface area contributed by atoms with Gasteiger partial charge in [0.25, 0.3) is 0 Å². The third-order valence-corrected chi connectivity index (χ3v) is 4.22. The normalized spacial score (nSPS) is 23.8. The van der Waals surface area contributed by atoms with Gasteiger partial charge < -0.3 is 4.74 Å². The van der Waals surface area contributed by atoms with Gasteiger partial charge in [0.05, 0.1) is 0 Å². The largest absolute Gasteiger partial charge is 0.485 e. The van der Waals surface area contributed by atoms with Gasteiger partial charge >= 0.3 is 0 Å². The molecule has 0 bridgehead atoms. The highest BCUT2D eigenvalue weighted by Crippen LogP contribution is 2.45. The summed E-state index contributed by atoms with van der Waals surface area (Å²) in [4.78, 5) is 0. The molecule has 1 aliphatic carbocycles. The Balaban J connectivity index is 1.77. The zero-order chi connectivity index (χ0) is 12.1. The molecule has 0 N–H and O–H groups in total. The monoisotopic (exact) mass is 236 g/mol. The zero-order valence-corrected chi connectivity index (χ0v) is 10.5. The summed E-state index contributed by atoms with van der Waals surface area (Å²) in [5.74, 6) is 1.70. The van der Waals surface area contributed by atoms with Gasteiger partial charge in [0.15, 0.2) is 0 Å². The highest BCUT2D eigenvalue weighted by atomic mass is 16.5. The molecule has 0 spiro atoms. The minimum atomic E-state index is 0.274. The van der Waals surface area contributed by atoms with Gasteiger partial charge in [-0.05, 0) is 42.5 Å². The van der Waals surface area contributed by atoms with Crippen LogP contribution in [0.4, 0.5) is 0 Å². The second-order valence-corrected chi connectivity index (χ2v) is 5.52. The maximum absolute atomic E-state index is 6.24. The number of aryl methyl sites for hydroxylation is 1. The van der Waals surface area contributed by atoms with Crippen molar-refractivity contribution in [3.8, 4) is 5.75 Å². The lowest BCUT2D eigenvalue weighted by molar-refractivity contribution is 0.128. The summed E-state index contributed by atoms with van der Waals surface area (Å²) < 4.78 is 6.24. The van der Waals surface area contributed by atoms with Crippen LogP contribution < -0.4 is 4.74 Å². The molecule has 2 aromatic carbocycles. The van der Waals surface area contributed by atoms with Crippen molar-refractivity contribution in [2.24, 2.45) is 5.92 Å². The van der Waals surface area contributed by atoms with Gasteiger partial charge in [0.1, 0.15) is 11.9 Å². The molecule has 1 heterocycles. The molecule has 0 amide bonds. The molecule has 90 valence electrons. The fourth-order valence-electron chi connectivity index (χ4n) is 3.38. The van der Waals surface area contributed by atoms with E-state index in [2.05, 4.69) is 49.4 Å². The van der Waals surface area contributed by atoms with Crippen LogP contribution in [0.2, 0.25) is 0 Å². The predicted octanol–water partition coefficient (Wildman–Crippen LogP) is 3.84. The van der Waals surface area contributed by atoms with E-state index < -0.39 is 0 Å². The van der Waals surface area contributed by atoms with Gasteiger partial charge in [-0.3, -0.25) is 0 Å². The molecular weight excluding hydrogens is 220 g/mol. The third-order valence-electron chi connectivity index (χ3n) is 4.22. The van der Waals surface area contributed by atoms with Gasteiger partial charge in [-0.2, -0.15) is 0 Å². The molecule has 0 saturated carbocycles. The van der Waals surface area contributed by atoms with Crippen LogP contribution in [-0.2, 0) is 12.8 Å². The Kier molecular flexibility index (Phi) is 2.05. The minimum absolute atomic E-state index is 0.274. The predicted molar refractivity (Wildman–Crippen MR) is 71.9 cm³/mol. The van der Waals surface area contributed by atoms with E-state index in [0.29, 0.717) is 5.92 Å². The SMILES string of the molecule is Cc1ccc2c(c1)C[C@H]1Cc3ccccc3[C@H]1O2. The Hall–Kier alpha value is -1.76. The highest BCUT2D eigenvalue weighted by Gasteiger charge is 2.37. The average Bonchev–Trinajstić information content (AvgIpc) is 2.73. The Morgan fingerprint density at radius 3 is 2.78 bits per heavy atom. The second-order valence-electron chi connectivity index (χ2n) is 5.52. The van der Waals surface area contributed by atoms with Crippen molar-refractivity contribution in [1.82, 2.24) is 0 Å². The summed E-state index contributed by atoms with van der Waals surface area (Å²) in [5, 5.41) is 0. The van der Waals surface area contributed by atoms with E-state index in [1.165, 1.54) is 22.3 Å². The van der Waals surface area contributed by atoms with Crippen molar-refractivity contribution in [2.75, 3.05) is 0 Å². The molecule has 1 heteroatoms. The van der Waals surface area contributed by atoms with Crippen LogP contribution in [-0.4, -0.2) is 0 Å². The summed E-state index contributed by atoms with van der Waals surface area (Å²) in [6, 6.07) is 15.3. The highest BCUT2D eigenvalue weighted by molar-refractivity contribution is 5.44. The van der Waals surface area contributed by atoms with Gasteiger partial charge in [-0.25, -0.2) is 0 Å². The summed E-state index contributed by atoms with van der Waals surface area (Å²) in [6.07, 6.45) is 2.58. The summed E-state index contributed by atoms with van der Waals surface area (Å²) in [7, 11) is 0. The lowest BCUT2D eigenvalue weighted by Gasteiger charge is -2.29. The third kappa shape index (κ3) is 1.40. The smallest absolute Gasteiger partial charge is 0.127 e. The van der Waals surface area contributed by atoms with Crippen LogP contribution in [0.15, 0.2) is 42.5 Å². The number of rotatable bonds is 0. The molecule has 2 atom stereocenters. The van der Waals surface area contributed by atoms with Crippen LogP contribution in [0.5, 0.6) is 5.75 Å². The van der Waals surface area contributed by atoms with Crippen molar-refractivity contribution < 1.29 is 4.74 Å². The Morgan fingerprint density at radius 2 is 1.83 bits per heavy atom. The fraction of sp³-hybridized carbons (Fsp3) is 0.294. The quantitative estimate of drug-likeness (QED) is 0.675. The van der Waals surface area contributed by atoms with Gasteiger partial charge in [-0.1, -0.05) is 42.0 Å². The average molecular weight is 236 g/mol. The first-order valence-corrected chi connectivity index (χ1v) is 6.65. The molecule has 0 aromatic heterocycles. The van der Waals surface area contributed by atoms with Crippen molar-refractivity contribution in [2.45, 2.75) is 25.9 Å². The van der Waals surface area contributed by atoms with E-state index in [9.17, 15) is 0 Å². The number of benzene rings is 2. The van der Waals surface area contributed by atoms with Crippen molar-refractivity contribution in [3.63, 3.8) is 0 Å². The molecule has 2 aliphatic rings. The van der Waals surface area contributed by atoms with Crippen LogP contribution in [0.1, 0.15) is 28.4 Å². The fourth-order valence-corrected chi connectivity index (χ4v) is 3.38. The van der Waals surface area contributed by atoms with Crippen molar-refractivity contribution >= 4 is 0 Å². The van der Waals surface area contributed by atoms with E-state index >= 15 is 0 Å². The summed E-state index contributed by atoms with van der Waals surface area (Å²) in [6.45, 7) is 2.15. The van der Waals surface area contributed by atoms with E-state index in [0.717, 1.165) is 18.6 Å². The molecule has 1 nitrogen and oxygen atoms in total. The molecule has 0 fully saturated rings. The summed E-state index contributed by atoms with van der Waals surface area (Å²) in [5.41, 5.74) is 5.57. The lowest BCUT2D eigenvalue weighted by atomic mass is 9.90. The lowest BCUT2D eigenvalue weighted by Crippen LogP contribution is -2.22. The van der Waals surface area contributed by atoms with Crippen molar-refractivity contribution in [1.29, 1.82) is 0 Å². The molecular formula is C17H16O. The first-order chi connectivity index (χ1) is 8.81. The number of hydrogen-bond donors (Lipinski definition) is 0. The second kappa shape index (κ2) is 3.61. The Bertz CT molecular complexity index is 615.